The number of hydrogen-bond acceptors (Lipinski definition) is 4. The molecule has 1 aromatic carbocycles. The van der Waals surface area contributed by atoms with Crippen LogP contribution in [0.5, 0.6) is 0 Å². The molecule has 112 valence electrons. The third kappa shape index (κ3) is 3.63. The molecule has 0 aliphatic rings. The van der Waals surface area contributed by atoms with Gasteiger partial charge in [-0.15, -0.1) is 0 Å². The summed E-state index contributed by atoms with van der Waals surface area (Å²) in [4.78, 5) is 6.92. The molecule has 0 radical (unpaired) electrons. The standard InChI is InChI=1S/C13H12BrF3N4/c1-7-8(14)4-3-5-9(7)19-11-6-10(18-2)20-12(21-11)13(15,16)17/h3-6H,1-2H3,(H2,18,19,20,21). The largest absolute Gasteiger partial charge is 0.451 e. The Labute approximate surface area is 127 Å². The topological polar surface area (TPSA) is 49.8 Å². The summed E-state index contributed by atoms with van der Waals surface area (Å²) in [5.41, 5.74) is 1.54. The van der Waals surface area contributed by atoms with Gasteiger partial charge in [-0.2, -0.15) is 13.2 Å². The number of nitrogens with zero attached hydrogens (tertiary/aromatic N) is 2. The molecule has 2 rings (SSSR count). The Morgan fingerprint density at radius 1 is 1.14 bits per heavy atom. The third-order valence-corrected chi connectivity index (χ3v) is 3.63. The van der Waals surface area contributed by atoms with Crippen LogP contribution in [0.2, 0.25) is 0 Å². The number of hydrogen-bond donors (Lipinski definition) is 2. The highest BCUT2D eigenvalue weighted by atomic mass is 79.9. The van der Waals surface area contributed by atoms with Gasteiger partial charge in [0, 0.05) is 23.3 Å². The van der Waals surface area contributed by atoms with Gasteiger partial charge >= 0.3 is 6.18 Å². The average molecular weight is 361 g/mol. The summed E-state index contributed by atoms with van der Waals surface area (Å²) in [6, 6.07) is 6.80. The van der Waals surface area contributed by atoms with Crippen molar-refractivity contribution in [1.82, 2.24) is 9.97 Å². The summed E-state index contributed by atoms with van der Waals surface area (Å²) in [5.74, 6) is -1.03. The van der Waals surface area contributed by atoms with Gasteiger partial charge in [-0.1, -0.05) is 22.0 Å². The molecule has 0 atom stereocenters. The smallest absolute Gasteiger partial charge is 0.373 e. The summed E-state index contributed by atoms with van der Waals surface area (Å²) < 4.78 is 39.2. The average Bonchev–Trinajstić information content (AvgIpc) is 2.42. The molecule has 4 nitrogen and oxygen atoms in total. The van der Waals surface area contributed by atoms with Crippen LogP contribution in [0.1, 0.15) is 11.4 Å². The zero-order valence-electron chi connectivity index (χ0n) is 11.2. The molecule has 0 spiro atoms. The highest BCUT2D eigenvalue weighted by Crippen LogP contribution is 2.30. The molecule has 0 aliphatic carbocycles. The first-order valence-electron chi connectivity index (χ1n) is 5.97. The van der Waals surface area contributed by atoms with Crippen molar-refractivity contribution in [3.8, 4) is 0 Å². The minimum Gasteiger partial charge on any atom is -0.373 e. The van der Waals surface area contributed by atoms with E-state index in [1.165, 1.54) is 13.1 Å². The van der Waals surface area contributed by atoms with Crippen LogP contribution < -0.4 is 10.6 Å². The zero-order chi connectivity index (χ0) is 15.6. The maximum atomic E-state index is 12.8. The second-order valence-electron chi connectivity index (χ2n) is 4.25. The van der Waals surface area contributed by atoms with Crippen molar-refractivity contribution in [2.45, 2.75) is 13.1 Å². The van der Waals surface area contributed by atoms with Crippen LogP contribution in [0, 0.1) is 6.92 Å². The second kappa shape index (κ2) is 5.88. The van der Waals surface area contributed by atoms with Crippen LogP contribution in [0.25, 0.3) is 0 Å². The Morgan fingerprint density at radius 3 is 2.43 bits per heavy atom. The Morgan fingerprint density at radius 2 is 1.81 bits per heavy atom. The minimum atomic E-state index is -4.60. The van der Waals surface area contributed by atoms with Gasteiger partial charge < -0.3 is 10.6 Å². The number of alkyl halides is 3. The Bertz CT molecular complexity index is 658. The van der Waals surface area contributed by atoms with E-state index < -0.39 is 12.0 Å². The summed E-state index contributed by atoms with van der Waals surface area (Å²) in [6.45, 7) is 1.84. The molecule has 0 aliphatic heterocycles. The van der Waals surface area contributed by atoms with Crippen molar-refractivity contribution < 1.29 is 13.2 Å². The van der Waals surface area contributed by atoms with E-state index in [9.17, 15) is 13.2 Å². The van der Waals surface area contributed by atoms with Crippen LogP contribution in [0.15, 0.2) is 28.7 Å². The lowest BCUT2D eigenvalue weighted by molar-refractivity contribution is -0.144. The van der Waals surface area contributed by atoms with Gasteiger partial charge in [0.05, 0.1) is 0 Å². The maximum absolute atomic E-state index is 12.8. The van der Waals surface area contributed by atoms with Crippen molar-refractivity contribution >= 4 is 33.3 Å². The number of halogens is 4. The van der Waals surface area contributed by atoms with Crippen molar-refractivity contribution in [1.29, 1.82) is 0 Å². The van der Waals surface area contributed by atoms with Crippen molar-refractivity contribution in [3.63, 3.8) is 0 Å². The zero-order valence-corrected chi connectivity index (χ0v) is 12.8. The summed E-state index contributed by atoms with van der Waals surface area (Å²) in [7, 11) is 1.50. The molecular formula is C13H12BrF3N4. The minimum absolute atomic E-state index is 0.0721. The molecule has 8 heteroatoms. The van der Waals surface area contributed by atoms with Crippen LogP contribution in [0.4, 0.5) is 30.5 Å². The van der Waals surface area contributed by atoms with E-state index in [4.69, 9.17) is 0 Å². The molecule has 2 aromatic rings. The van der Waals surface area contributed by atoms with Gasteiger partial charge in [0.1, 0.15) is 11.6 Å². The predicted octanol–water partition coefficient (Wildman–Crippen LogP) is 4.35. The van der Waals surface area contributed by atoms with Crippen LogP contribution in [-0.2, 0) is 6.18 Å². The van der Waals surface area contributed by atoms with Crippen molar-refractivity contribution in [3.05, 3.63) is 40.1 Å². The molecular weight excluding hydrogens is 349 g/mol. The first-order valence-corrected chi connectivity index (χ1v) is 6.76. The molecule has 0 unspecified atom stereocenters. The Balaban J connectivity index is 2.42. The summed E-state index contributed by atoms with van der Waals surface area (Å²) in [5, 5.41) is 5.47. The number of nitrogens with one attached hydrogen (secondary N) is 2. The number of aromatic nitrogens is 2. The van der Waals surface area contributed by atoms with Gasteiger partial charge in [-0.05, 0) is 24.6 Å². The molecule has 0 saturated heterocycles. The van der Waals surface area contributed by atoms with Gasteiger partial charge in [-0.25, -0.2) is 9.97 Å². The van der Waals surface area contributed by atoms with E-state index in [0.29, 0.717) is 5.69 Å². The third-order valence-electron chi connectivity index (χ3n) is 2.77. The fourth-order valence-corrected chi connectivity index (χ4v) is 2.01. The molecule has 1 heterocycles. The molecule has 0 amide bonds. The van der Waals surface area contributed by atoms with E-state index in [2.05, 4.69) is 36.5 Å². The predicted molar refractivity (Wildman–Crippen MR) is 78.7 cm³/mol. The lowest BCUT2D eigenvalue weighted by atomic mass is 10.2. The quantitative estimate of drug-likeness (QED) is 0.854. The van der Waals surface area contributed by atoms with E-state index in [0.717, 1.165) is 10.0 Å². The van der Waals surface area contributed by atoms with E-state index in [1.54, 1.807) is 12.1 Å². The molecule has 21 heavy (non-hydrogen) atoms. The second-order valence-corrected chi connectivity index (χ2v) is 5.10. The molecule has 0 saturated carbocycles. The lowest BCUT2D eigenvalue weighted by Gasteiger charge is -2.13. The highest BCUT2D eigenvalue weighted by molar-refractivity contribution is 9.10. The SMILES string of the molecule is CNc1cc(Nc2cccc(Br)c2C)nc(C(F)(F)F)n1. The normalized spacial score (nSPS) is 11.3. The molecule has 2 N–H and O–H groups in total. The van der Waals surface area contributed by atoms with Gasteiger partial charge in [-0.3, -0.25) is 0 Å². The molecule has 0 fully saturated rings. The lowest BCUT2D eigenvalue weighted by Crippen LogP contribution is -2.13. The number of anilines is 3. The monoisotopic (exact) mass is 360 g/mol. The fourth-order valence-electron chi connectivity index (χ4n) is 1.65. The van der Waals surface area contributed by atoms with Crippen molar-refractivity contribution in [2.24, 2.45) is 0 Å². The van der Waals surface area contributed by atoms with Crippen LogP contribution in [0.3, 0.4) is 0 Å². The number of benzene rings is 1. The highest BCUT2D eigenvalue weighted by Gasteiger charge is 2.35. The van der Waals surface area contributed by atoms with Crippen LogP contribution in [-0.4, -0.2) is 17.0 Å². The van der Waals surface area contributed by atoms with Gasteiger partial charge in [0.15, 0.2) is 0 Å². The van der Waals surface area contributed by atoms with Crippen molar-refractivity contribution in [2.75, 3.05) is 17.7 Å². The van der Waals surface area contributed by atoms with E-state index in [-0.39, 0.29) is 11.6 Å². The number of rotatable bonds is 3. The molecule has 0 bridgehead atoms. The summed E-state index contributed by atoms with van der Waals surface area (Å²) >= 11 is 3.37. The van der Waals surface area contributed by atoms with Crippen LogP contribution >= 0.6 is 15.9 Å². The van der Waals surface area contributed by atoms with Gasteiger partial charge in [0.25, 0.3) is 0 Å². The Kier molecular flexibility index (Phi) is 4.36. The first kappa shape index (κ1) is 15.6. The fraction of sp³-hybridized carbons (Fsp3) is 0.231. The molecule has 1 aromatic heterocycles. The summed E-state index contributed by atoms with van der Waals surface area (Å²) in [6.07, 6.45) is -4.60. The van der Waals surface area contributed by atoms with Gasteiger partial charge in [0.2, 0.25) is 5.82 Å². The van der Waals surface area contributed by atoms with E-state index >= 15 is 0 Å². The first-order chi connectivity index (χ1) is 9.81. The Hall–Kier alpha value is -1.83. The van der Waals surface area contributed by atoms with E-state index in [1.807, 2.05) is 13.0 Å². The maximum Gasteiger partial charge on any atom is 0.451 e.